The van der Waals surface area contributed by atoms with Gasteiger partial charge in [0, 0.05) is 30.4 Å². The van der Waals surface area contributed by atoms with Crippen molar-refractivity contribution in [3.8, 4) is 11.5 Å². The second kappa shape index (κ2) is 20.1. The predicted octanol–water partition coefficient (Wildman–Crippen LogP) is 9.37. The summed E-state index contributed by atoms with van der Waals surface area (Å²) in [5.74, 6) is 0.179. The molecule has 1 unspecified atom stereocenters. The van der Waals surface area contributed by atoms with Gasteiger partial charge in [-0.3, -0.25) is 4.79 Å². The Morgan fingerprint density at radius 3 is 1.89 bits per heavy atom. The van der Waals surface area contributed by atoms with Crippen molar-refractivity contribution in [3.05, 3.63) is 60.7 Å². The maximum atomic E-state index is 13.1. The molecular formula is C36H51NO7S. The highest BCUT2D eigenvalue weighted by molar-refractivity contribution is 7.87. The minimum absolute atomic E-state index is 0.0261. The molecule has 9 heteroatoms. The predicted molar refractivity (Wildman–Crippen MR) is 180 cm³/mol. The van der Waals surface area contributed by atoms with E-state index in [0.29, 0.717) is 29.5 Å². The number of nitrogens with one attached hydrogen (secondary N) is 1. The first-order valence-corrected chi connectivity index (χ1v) is 18.0. The Bertz CT molecular complexity index is 1400. The fourth-order valence-corrected chi connectivity index (χ4v) is 6.22. The molecule has 1 N–H and O–H groups in total. The summed E-state index contributed by atoms with van der Waals surface area (Å²) < 4.78 is 48.9. The van der Waals surface area contributed by atoms with Gasteiger partial charge in [0.15, 0.2) is 11.5 Å². The van der Waals surface area contributed by atoms with Crippen molar-refractivity contribution in [2.75, 3.05) is 19.0 Å². The van der Waals surface area contributed by atoms with Crippen molar-refractivity contribution in [2.24, 2.45) is 0 Å². The molecule has 248 valence electrons. The first kappa shape index (κ1) is 36.3. The fourth-order valence-electron chi connectivity index (χ4n) is 5.26. The van der Waals surface area contributed by atoms with Crippen LogP contribution in [0, 0.1) is 0 Å². The van der Waals surface area contributed by atoms with E-state index in [-0.39, 0.29) is 22.2 Å². The summed E-state index contributed by atoms with van der Waals surface area (Å²) in [7, 11) is -2.68. The number of fused-ring (bicyclic) bond motifs is 1. The molecular weight excluding hydrogens is 590 g/mol. The van der Waals surface area contributed by atoms with Crippen LogP contribution in [-0.4, -0.2) is 34.5 Å². The zero-order chi connectivity index (χ0) is 32.3. The highest BCUT2D eigenvalue weighted by Crippen LogP contribution is 2.42. The van der Waals surface area contributed by atoms with Crippen LogP contribution >= 0.6 is 0 Å². The van der Waals surface area contributed by atoms with Gasteiger partial charge in [-0.1, -0.05) is 126 Å². The lowest BCUT2D eigenvalue weighted by Crippen LogP contribution is -2.24. The number of benzene rings is 3. The van der Waals surface area contributed by atoms with Crippen LogP contribution in [0.15, 0.2) is 65.6 Å². The normalized spacial score (nSPS) is 12.2. The van der Waals surface area contributed by atoms with E-state index in [1.54, 1.807) is 42.5 Å². The van der Waals surface area contributed by atoms with Crippen LogP contribution in [0.5, 0.6) is 11.5 Å². The van der Waals surface area contributed by atoms with Crippen molar-refractivity contribution in [3.63, 3.8) is 0 Å². The number of ether oxygens (including phenoxy) is 3. The van der Waals surface area contributed by atoms with Crippen molar-refractivity contribution in [2.45, 2.75) is 115 Å². The molecule has 0 aliphatic rings. The van der Waals surface area contributed by atoms with Gasteiger partial charge in [-0.25, -0.2) is 0 Å². The second-order valence-corrected chi connectivity index (χ2v) is 12.8. The first-order valence-electron chi connectivity index (χ1n) is 16.6. The molecule has 0 saturated heterocycles. The standard InChI is InChI=1S/C36H51NO7S/c1-4-6-7-8-9-10-11-12-13-14-15-16-20-27-34(38)37-32-28-33(44-45(39,40)29-23-18-17-19-24-29)30-25-21-22-26-31(30)35(32)43-36(41-3)42-5-2/h17-19,21-26,28,36H,4-16,20,27H2,1-3H3,(H,37,38). The van der Waals surface area contributed by atoms with Gasteiger partial charge in [0.1, 0.15) is 4.90 Å². The molecule has 0 aromatic heterocycles. The number of anilines is 1. The summed E-state index contributed by atoms with van der Waals surface area (Å²) >= 11 is 0. The third-order valence-corrected chi connectivity index (χ3v) is 8.93. The molecule has 0 heterocycles. The minimum Gasteiger partial charge on any atom is -0.438 e. The van der Waals surface area contributed by atoms with Crippen LogP contribution in [0.25, 0.3) is 10.8 Å². The second-order valence-electron chi connectivity index (χ2n) is 11.3. The van der Waals surface area contributed by atoms with Crippen LogP contribution < -0.4 is 14.2 Å². The van der Waals surface area contributed by atoms with Crippen molar-refractivity contribution in [1.29, 1.82) is 0 Å². The molecule has 0 fully saturated rings. The number of methoxy groups -OCH3 is 1. The molecule has 0 aliphatic carbocycles. The van der Waals surface area contributed by atoms with E-state index in [1.165, 1.54) is 89.5 Å². The molecule has 0 saturated carbocycles. The number of amides is 1. The monoisotopic (exact) mass is 641 g/mol. The largest absolute Gasteiger partial charge is 0.438 e. The summed E-state index contributed by atoms with van der Waals surface area (Å²) in [5, 5.41) is 3.97. The smallest absolute Gasteiger partial charge is 0.339 e. The van der Waals surface area contributed by atoms with Crippen LogP contribution in [0.4, 0.5) is 5.69 Å². The number of carbonyl (C=O) groups is 1. The summed E-state index contributed by atoms with van der Waals surface area (Å²) in [6, 6.07) is 16.5. The summed E-state index contributed by atoms with van der Waals surface area (Å²) in [6.07, 6.45) is 16.3. The third-order valence-electron chi connectivity index (χ3n) is 7.68. The molecule has 0 radical (unpaired) electrons. The van der Waals surface area contributed by atoms with Gasteiger partial charge in [-0.2, -0.15) is 8.42 Å². The van der Waals surface area contributed by atoms with E-state index in [1.807, 2.05) is 6.92 Å². The van der Waals surface area contributed by atoms with Gasteiger partial charge in [0.25, 0.3) is 0 Å². The highest BCUT2D eigenvalue weighted by Gasteiger charge is 2.23. The average Bonchev–Trinajstić information content (AvgIpc) is 3.04. The maximum absolute atomic E-state index is 13.1. The van der Waals surface area contributed by atoms with Crippen LogP contribution in [0.1, 0.15) is 104 Å². The lowest BCUT2D eigenvalue weighted by atomic mass is 10.0. The van der Waals surface area contributed by atoms with Gasteiger partial charge >= 0.3 is 16.6 Å². The van der Waals surface area contributed by atoms with Crippen molar-refractivity contribution >= 4 is 32.5 Å². The molecule has 0 bridgehead atoms. The number of unbranched alkanes of at least 4 members (excludes halogenated alkanes) is 12. The Morgan fingerprint density at radius 1 is 0.756 bits per heavy atom. The Labute approximate surface area is 269 Å². The molecule has 0 aliphatic heterocycles. The average molecular weight is 642 g/mol. The van der Waals surface area contributed by atoms with Gasteiger partial charge in [0.05, 0.1) is 12.3 Å². The molecule has 1 atom stereocenters. The van der Waals surface area contributed by atoms with E-state index < -0.39 is 16.6 Å². The lowest BCUT2D eigenvalue weighted by Gasteiger charge is -2.22. The van der Waals surface area contributed by atoms with Crippen LogP contribution in [-0.2, 0) is 24.4 Å². The number of rotatable bonds is 23. The molecule has 3 aromatic carbocycles. The first-order chi connectivity index (χ1) is 21.9. The maximum Gasteiger partial charge on any atom is 0.339 e. The van der Waals surface area contributed by atoms with E-state index in [4.69, 9.17) is 18.4 Å². The summed E-state index contributed by atoms with van der Waals surface area (Å²) in [6.45, 7) is 3.38. The zero-order valence-corrected chi connectivity index (χ0v) is 28.0. The Balaban J connectivity index is 1.65. The van der Waals surface area contributed by atoms with E-state index >= 15 is 0 Å². The SMILES string of the molecule is CCCCCCCCCCCCCCCC(=O)Nc1cc(OS(=O)(=O)c2ccccc2)c2ccccc2c1OC(OC)OCC. The fraction of sp³-hybridized carbons (Fsp3) is 0.528. The lowest BCUT2D eigenvalue weighted by molar-refractivity contribution is -0.230. The van der Waals surface area contributed by atoms with Crippen LogP contribution in [0.3, 0.4) is 0 Å². The van der Waals surface area contributed by atoms with Gasteiger partial charge in [-0.05, 0) is 25.5 Å². The Kier molecular flexibility index (Phi) is 16.2. The third kappa shape index (κ3) is 12.3. The zero-order valence-electron chi connectivity index (χ0n) is 27.2. The molecule has 0 spiro atoms. The Hall–Kier alpha value is -3.14. The van der Waals surface area contributed by atoms with Crippen LogP contribution in [0.2, 0.25) is 0 Å². The number of carbonyl (C=O) groups excluding carboxylic acids is 1. The number of hydrogen-bond donors (Lipinski definition) is 1. The van der Waals surface area contributed by atoms with E-state index in [9.17, 15) is 13.2 Å². The molecule has 3 aromatic rings. The van der Waals surface area contributed by atoms with E-state index in [2.05, 4.69) is 12.2 Å². The summed E-state index contributed by atoms with van der Waals surface area (Å²) in [5.41, 5.74) is 0.272. The van der Waals surface area contributed by atoms with Gasteiger partial charge < -0.3 is 23.7 Å². The molecule has 8 nitrogen and oxygen atoms in total. The molecule has 45 heavy (non-hydrogen) atoms. The summed E-state index contributed by atoms with van der Waals surface area (Å²) in [4.78, 5) is 13.1. The highest BCUT2D eigenvalue weighted by atomic mass is 32.2. The van der Waals surface area contributed by atoms with Crippen molar-refractivity contribution < 1.29 is 31.6 Å². The minimum atomic E-state index is -4.14. The van der Waals surface area contributed by atoms with Gasteiger partial charge in [0.2, 0.25) is 5.91 Å². The topological polar surface area (TPSA) is 100 Å². The van der Waals surface area contributed by atoms with Gasteiger partial charge in [-0.15, -0.1) is 0 Å². The van der Waals surface area contributed by atoms with E-state index in [0.717, 1.165) is 19.3 Å². The van der Waals surface area contributed by atoms with Crippen molar-refractivity contribution in [1.82, 2.24) is 0 Å². The number of hydrogen-bond acceptors (Lipinski definition) is 7. The molecule has 3 rings (SSSR count). The molecule has 1 amide bonds. The Morgan fingerprint density at radius 2 is 1.31 bits per heavy atom. The quantitative estimate of drug-likeness (QED) is 0.0625.